The van der Waals surface area contributed by atoms with Crippen molar-refractivity contribution in [3.63, 3.8) is 0 Å². The number of rotatable bonds is 6. The van der Waals surface area contributed by atoms with Crippen molar-refractivity contribution in [1.82, 2.24) is 0 Å². The van der Waals surface area contributed by atoms with Gasteiger partial charge in [0.25, 0.3) is 0 Å². The first kappa shape index (κ1) is 15.1. The van der Waals surface area contributed by atoms with E-state index in [-0.39, 0.29) is 19.4 Å². The Morgan fingerprint density at radius 2 is 1.84 bits per heavy atom. The molecule has 4 nitrogen and oxygen atoms in total. The summed E-state index contributed by atoms with van der Waals surface area (Å²) in [5.74, 6) is -2.38. The molecule has 0 saturated heterocycles. The van der Waals surface area contributed by atoms with Crippen LogP contribution in [0.4, 0.5) is 4.39 Å². The molecule has 1 aromatic carbocycles. The fourth-order valence-corrected chi connectivity index (χ4v) is 1.88. The fraction of sp³-hybridized carbons (Fsp3) is 0.429. The highest BCUT2D eigenvalue weighted by Gasteiger charge is 2.46. The molecule has 1 N–H and O–H groups in total. The van der Waals surface area contributed by atoms with Gasteiger partial charge in [0.05, 0.1) is 6.61 Å². The van der Waals surface area contributed by atoms with E-state index in [1.54, 1.807) is 13.8 Å². The van der Waals surface area contributed by atoms with Crippen LogP contribution in [0, 0.1) is 11.2 Å². The van der Waals surface area contributed by atoms with Crippen LogP contribution in [0.2, 0.25) is 0 Å². The molecule has 1 rings (SSSR count). The van der Waals surface area contributed by atoms with E-state index in [4.69, 9.17) is 4.74 Å². The second kappa shape index (κ2) is 6.31. The SMILES string of the molecule is CCOC(=O)C(CC)(Cc1ccc(F)cc1)C(=O)O. The first-order chi connectivity index (χ1) is 8.96. The van der Waals surface area contributed by atoms with Crippen LogP contribution < -0.4 is 0 Å². The van der Waals surface area contributed by atoms with Gasteiger partial charge in [-0.25, -0.2) is 4.39 Å². The van der Waals surface area contributed by atoms with Crippen LogP contribution in [-0.2, 0) is 20.7 Å². The number of esters is 1. The van der Waals surface area contributed by atoms with E-state index in [1.807, 2.05) is 0 Å². The molecule has 0 aromatic heterocycles. The van der Waals surface area contributed by atoms with E-state index < -0.39 is 23.2 Å². The molecular formula is C14H17FO4. The molecule has 19 heavy (non-hydrogen) atoms. The summed E-state index contributed by atoms with van der Waals surface area (Å²) >= 11 is 0. The Hall–Kier alpha value is -1.91. The monoisotopic (exact) mass is 268 g/mol. The second-order valence-electron chi connectivity index (χ2n) is 4.26. The number of carboxylic acids is 1. The van der Waals surface area contributed by atoms with Crippen molar-refractivity contribution in [2.45, 2.75) is 26.7 Å². The van der Waals surface area contributed by atoms with Gasteiger partial charge in [-0.3, -0.25) is 9.59 Å². The predicted octanol–water partition coefficient (Wildman–Crippen LogP) is 2.41. The average Bonchev–Trinajstić information content (AvgIpc) is 2.38. The summed E-state index contributed by atoms with van der Waals surface area (Å²) in [5, 5.41) is 9.36. The molecule has 0 radical (unpaired) electrons. The van der Waals surface area contributed by atoms with Crippen molar-refractivity contribution in [2.75, 3.05) is 6.61 Å². The Morgan fingerprint density at radius 1 is 1.26 bits per heavy atom. The van der Waals surface area contributed by atoms with Crippen LogP contribution in [0.3, 0.4) is 0 Å². The normalized spacial score (nSPS) is 13.6. The summed E-state index contributed by atoms with van der Waals surface area (Å²) in [5.41, 5.74) is -1.04. The minimum absolute atomic E-state index is 0.0159. The summed E-state index contributed by atoms with van der Waals surface area (Å²) in [4.78, 5) is 23.4. The van der Waals surface area contributed by atoms with Crippen molar-refractivity contribution in [3.05, 3.63) is 35.6 Å². The lowest BCUT2D eigenvalue weighted by Gasteiger charge is -2.25. The third kappa shape index (κ3) is 3.30. The predicted molar refractivity (Wildman–Crippen MR) is 67.1 cm³/mol. The number of carbonyl (C=O) groups excluding carboxylic acids is 1. The number of hydrogen-bond donors (Lipinski definition) is 1. The number of ether oxygens (including phenoxy) is 1. The average molecular weight is 268 g/mol. The van der Waals surface area contributed by atoms with Gasteiger partial charge in [0.15, 0.2) is 5.41 Å². The molecule has 5 heteroatoms. The van der Waals surface area contributed by atoms with Gasteiger partial charge in [0.1, 0.15) is 5.82 Å². The molecule has 0 aliphatic carbocycles. The summed E-state index contributed by atoms with van der Waals surface area (Å²) in [6.07, 6.45) is 0.0937. The zero-order valence-electron chi connectivity index (χ0n) is 11.0. The molecule has 0 spiro atoms. The van der Waals surface area contributed by atoms with Crippen LogP contribution in [-0.4, -0.2) is 23.7 Å². The van der Waals surface area contributed by atoms with Crippen LogP contribution >= 0.6 is 0 Å². The highest BCUT2D eigenvalue weighted by Crippen LogP contribution is 2.29. The van der Waals surface area contributed by atoms with Crippen molar-refractivity contribution in [1.29, 1.82) is 0 Å². The summed E-state index contributed by atoms with van der Waals surface area (Å²) in [6, 6.07) is 5.43. The maximum absolute atomic E-state index is 12.8. The number of aliphatic carboxylic acids is 1. The van der Waals surface area contributed by atoms with Crippen LogP contribution in [0.15, 0.2) is 24.3 Å². The van der Waals surface area contributed by atoms with Gasteiger partial charge in [-0.1, -0.05) is 19.1 Å². The van der Waals surface area contributed by atoms with E-state index >= 15 is 0 Å². The number of carbonyl (C=O) groups is 2. The maximum atomic E-state index is 12.8. The number of hydrogen-bond acceptors (Lipinski definition) is 3. The molecule has 1 aromatic rings. The summed E-state index contributed by atoms with van der Waals surface area (Å²) in [6.45, 7) is 3.36. The molecule has 0 fully saturated rings. The molecule has 0 bridgehead atoms. The van der Waals surface area contributed by atoms with Crippen LogP contribution in [0.25, 0.3) is 0 Å². The van der Waals surface area contributed by atoms with Gasteiger partial charge in [-0.05, 0) is 37.5 Å². The van der Waals surface area contributed by atoms with Crippen molar-refractivity contribution >= 4 is 11.9 Å². The Morgan fingerprint density at radius 3 is 2.26 bits per heavy atom. The third-order valence-electron chi connectivity index (χ3n) is 3.10. The highest BCUT2D eigenvalue weighted by molar-refractivity contribution is 5.99. The standard InChI is InChI=1S/C14H17FO4/c1-3-14(12(16)17,13(18)19-4-2)9-10-5-7-11(15)8-6-10/h5-8H,3-4,9H2,1-2H3,(H,16,17). The fourth-order valence-electron chi connectivity index (χ4n) is 1.88. The molecule has 0 heterocycles. The van der Waals surface area contributed by atoms with Crippen LogP contribution in [0.1, 0.15) is 25.8 Å². The smallest absolute Gasteiger partial charge is 0.323 e. The Kier molecular flexibility index (Phi) is 5.03. The summed E-state index contributed by atoms with van der Waals surface area (Å²) in [7, 11) is 0. The van der Waals surface area contributed by atoms with Gasteiger partial charge < -0.3 is 9.84 Å². The van der Waals surface area contributed by atoms with E-state index in [1.165, 1.54) is 24.3 Å². The summed E-state index contributed by atoms with van der Waals surface area (Å²) < 4.78 is 17.7. The van der Waals surface area contributed by atoms with E-state index in [9.17, 15) is 19.1 Å². The van der Waals surface area contributed by atoms with Gasteiger partial charge in [0, 0.05) is 0 Å². The van der Waals surface area contributed by atoms with E-state index in [2.05, 4.69) is 0 Å². The quantitative estimate of drug-likeness (QED) is 0.635. The Labute approximate surface area is 111 Å². The molecular weight excluding hydrogens is 251 g/mol. The Balaban J connectivity index is 3.06. The lowest BCUT2D eigenvalue weighted by molar-refractivity contribution is -0.168. The zero-order valence-corrected chi connectivity index (χ0v) is 11.0. The minimum atomic E-state index is -1.62. The minimum Gasteiger partial charge on any atom is -0.480 e. The van der Waals surface area contributed by atoms with E-state index in [0.717, 1.165) is 0 Å². The van der Waals surface area contributed by atoms with Crippen LogP contribution in [0.5, 0.6) is 0 Å². The zero-order chi connectivity index (χ0) is 14.5. The molecule has 1 unspecified atom stereocenters. The Bertz CT molecular complexity index is 455. The number of halogens is 1. The number of benzene rings is 1. The first-order valence-corrected chi connectivity index (χ1v) is 6.11. The van der Waals surface area contributed by atoms with Gasteiger partial charge in [-0.15, -0.1) is 0 Å². The van der Waals surface area contributed by atoms with Crippen molar-refractivity contribution < 1.29 is 23.8 Å². The third-order valence-corrected chi connectivity index (χ3v) is 3.10. The molecule has 0 aliphatic rings. The first-order valence-electron chi connectivity index (χ1n) is 6.11. The number of carboxylic acid groups (broad SMARTS) is 1. The van der Waals surface area contributed by atoms with Gasteiger partial charge in [-0.2, -0.15) is 0 Å². The molecule has 0 saturated carbocycles. The molecule has 1 atom stereocenters. The van der Waals surface area contributed by atoms with Crippen molar-refractivity contribution in [3.8, 4) is 0 Å². The van der Waals surface area contributed by atoms with E-state index in [0.29, 0.717) is 5.56 Å². The lowest BCUT2D eigenvalue weighted by atomic mass is 9.79. The lowest BCUT2D eigenvalue weighted by Crippen LogP contribution is -2.42. The maximum Gasteiger partial charge on any atom is 0.323 e. The molecule has 0 amide bonds. The highest BCUT2D eigenvalue weighted by atomic mass is 19.1. The van der Waals surface area contributed by atoms with Gasteiger partial charge in [0.2, 0.25) is 0 Å². The molecule has 0 aliphatic heterocycles. The largest absolute Gasteiger partial charge is 0.480 e. The van der Waals surface area contributed by atoms with Crippen molar-refractivity contribution in [2.24, 2.45) is 5.41 Å². The second-order valence-corrected chi connectivity index (χ2v) is 4.26. The topological polar surface area (TPSA) is 63.6 Å². The van der Waals surface area contributed by atoms with Gasteiger partial charge >= 0.3 is 11.9 Å². The molecule has 104 valence electrons.